The highest BCUT2D eigenvalue weighted by Crippen LogP contribution is 2.16. The van der Waals surface area contributed by atoms with Crippen molar-refractivity contribution in [3.8, 4) is 0 Å². The molecule has 0 aliphatic heterocycles. The van der Waals surface area contributed by atoms with Crippen molar-refractivity contribution in [1.82, 2.24) is 5.32 Å². The zero-order valence-corrected chi connectivity index (χ0v) is 7.09. The van der Waals surface area contributed by atoms with Crippen LogP contribution in [-0.2, 0) is 0 Å². The van der Waals surface area contributed by atoms with E-state index in [1.807, 2.05) is 0 Å². The zero-order chi connectivity index (χ0) is 7.56. The lowest BCUT2D eigenvalue weighted by Crippen LogP contribution is -2.32. The molecule has 1 aliphatic carbocycles. The van der Waals surface area contributed by atoms with Gasteiger partial charge in [-0.3, -0.25) is 0 Å². The van der Waals surface area contributed by atoms with Crippen LogP contribution in [0.1, 0.15) is 27.2 Å². The quantitative estimate of drug-likeness (QED) is 0.577. The van der Waals surface area contributed by atoms with Gasteiger partial charge in [0.1, 0.15) is 0 Å². The molecule has 0 amide bonds. The van der Waals surface area contributed by atoms with Gasteiger partial charge in [0.2, 0.25) is 0 Å². The molecule has 0 unspecified atom stereocenters. The summed E-state index contributed by atoms with van der Waals surface area (Å²) in [5.41, 5.74) is 0. The first-order chi connectivity index (χ1) is 4.68. The molecule has 1 nitrogen and oxygen atoms in total. The number of hydrogen-bond donors (Lipinski definition) is 1. The third-order valence-corrected chi connectivity index (χ3v) is 1.85. The molecule has 0 bridgehead atoms. The van der Waals surface area contributed by atoms with Gasteiger partial charge in [0.25, 0.3) is 0 Å². The molecule has 0 heterocycles. The summed E-state index contributed by atoms with van der Waals surface area (Å²) in [6, 6.07) is 1.25. The predicted octanol–water partition coefficient (Wildman–Crippen LogP) is 1.95. The van der Waals surface area contributed by atoms with E-state index >= 15 is 0 Å². The first-order valence-corrected chi connectivity index (χ1v) is 4.13. The third-order valence-electron chi connectivity index (χ3n) is 1.85. The molecular weight excluding hydrogens is 122 g/mol. The molecule has 0 aromatic heterocycles. The van der Waals surface area contributed by atoms with Crippen LogP contribution < -0.4 is 5.32 Å². The Bertz CT molecular complexity index is 127. The van der Waals surface area contributed by atoms with Crippen LogP contribution in [0.15, 0.2) is 12.2 Å². The van der Waals surface area contributed by atoms with Crippen molar-refractivity contribution in [2.45, 2.75) is 39.3 Å². The maximum absolute atomic E-state index is 3.49. The van der Waals surface area contributed by atoms with Crippen molar-refractivity contribution in [2.24, 2.45) is 5.92 Å². The summed E-state index contributed by atoms with van der Waals surface area (Å²) >= 11 is 0. The van der Waals surface area contributed by atoms with Crippen molar-refractivity contribution in [3.05, 3.63) is 12.2 Å². The SMILES string of the molecule is CC(C)N[C@@H]1C=C[C@H](C)C1. The number of nitrogens with one attached hydrogen (secondary N) is 1. The Labute approximate surface area is 63.5 Å². The highest BCUT2D eigenvalue weighted by molar-refractivity contribution is 5.04. The molecule has 1 aliphatic rings. The van der Waals surface area contributed by atoms with E-state index in [2.05, 4.69) is 38.2 Å². The first-order valence-electron chi connectivity index (χ1n) is 4.13. The molecule has 1 heteroatoms. The highest BCUT2D eigenvalue weighted by atomic mass is 14.9. The standard InChI is InChI=1S/C9H17N/c1-7(2)10-9-5-4-8(3)6-9/h4-5,7-10H,6H2,1-3H3/t8-,9+/m0/s1. The van der Waals surface area contributed by atoms with E-state index in [9.17, 15) is 0 Å². The Morgan fingerprint density at radius 1 is 1.40 bits per heavy atom. The summed E-state index contributed by atoms with van der Waals surface area (Å²) in [5.74, 6) is 0.774. The van der Waals surface area contributed by atoms with Gasteiger partial charge in [0.05, 0.1) is 0 Å². The predicted molar refractivity (Wildman–Crippen MR) is 45.0 cm³/mol. The fourth-order valence-electron chi connectivity index (χ4n) is 1.43. The van der Waals surface area contributed by atoms with E-state index in [0.29, 0.717) is 12.1 Å². The maximum Gasteiger partial charge on any atom is 0.0257 e. The average Bonchev–Trinajstić information content (AvgIpc) is 2.13. The molecule has 10 heavy (non-hydrogen) atoms. The summed E-state index contributed by atoms with van der Waals surface area (Å²) in [7, 11) is 0. The second-order valence-corrected chi connectivity index (χ2v) is 3.53. The Kier molecular flexibility index (Phi) is 2.50. The fourth-order valence-corrected chi connectivity index (χ4v) is 1.43. The third kappa shape index (κ3) is 2.14. The van der Waals surface area contributed by atoms with Gasteiger partial charge in [-0.25, -0.2) is 0 Å². The molecule has 1 rings (SSSR count). The molecule has 0 radical (unpaired) electrons. The lowest BCUT2D eigenvalue weighted by atomic mass is 10.1. The number of rotatable bonds is 2. The van der Waals surface area contributed by atoms with Crippen molar-refractivity contribution in [2.75, 3.05) is 0 Å². The monoisotopic (exact) mass is 139 g/mol. The van der Waals surface area contributed by atoms with Crippen LogP contribution >= 0.6 is 0 Å². The van der Waals surface area contributed by atoms with Gasteiger partial charge >= 0.3 is 0 Å². The Morgan fingerprint density at radius 3 is 2.50 bits per heavy atom. The van der Waals surface area contributed by atoms with Crippen LogP contribution in [0.5, 0.6) is 0 Å². The van der Waals surface area contributed by atoms with E-state index in [4.69, 9.17) is 0 Å². The largest absolute Gasteiger partial charge is 0.308 e. The lowest BCUT2D eigenvalue weighted by molar-refractivity contribution is 0.486. The minimum atomic E-state index is 0.611. The Hall–Kier alpha value is -0.300. The molecule has 0 saturated carbocycles. The zero-order valence-electron chi connectivity index (χ0n) is 7.09. The van der Waals surface area contributed by atoms with E-state index in [0.717, 1.165) is 5.92 Å². The van der Waals surface area contributed by atoms with Crippen molar-refractivity contribution >= 4 is 0 Å². The topological polar surface area (TPSA) is 12.0 Å². The summed E-state index contributed by atoms with van der Waals surface area (Å²) < 4.78 is 0. The van der Waals surface area contributed by atoms with E-state index in [1.165, 1.54) is 6.42 Å². The van der Waals surface area contributed by atoms with Crippen LogP contribution in [0.25, 0.3) is 0 Å². The van der Waals surface area contributed by atoms with E-state index in [-0.39, 0.29) is 0 Å². The minimum absolute atomic E-state index is 0.611. The Morgan fingerprint density at radius 2 is 2.10 bits per heavy atom. The molecule has 0 saturated heterocycles. The summed E-state index contributed by atoms with van der Waals surface area (Å²) in [6.07, 6.45) is 5.85. The normalized spacial score (nSPS) is 32.0. The van der Waals surface area contributed by atoms with Gasteiger partial charge < -0.3 is 5.32 Å². The van der Waals surface area contributed by atoms with E-state index < -0.39 is 0 Å². The molecular formula is C9H17N. The van der Waals surface area contributed by atoms with Crippen molar-refractivity contribution in [3.63, 3.8) is 0 Å². The van der Waals surface area contributed by atoms with Crippen molar-refractivity contribution in [1.29, 1.82) is 0 Å². The number of hydrogen-bond acceptors (Lipinski definition) is 1. The van der Waals surface area contributed by atoms with E-state index in [1.54, 1.807) is 0 Å². The summed E-state index contributed by atoms with van der Waals surface area (Å²) in [4.78, 5) is 0. The smallest absolute Gasteiger partial charge is 0.0257 e. The van der Waals surface area contributed by atoms with Gasteiger partial charge in [0, 0.05) is 12.1 Å². The van der Waals surface area contributed by atoms with Gasteiger partial charge in [-0.05, 0) is 12.3 Å². The molecule has 0 fully saturated rings. The molecule has 0 aromatic carbocycles. The van der Waals surface area contributed by atoms with Gasteiger partial charge in [-0.2, -0.15) is 0 Å². The van der Waals surface area contributed by atoms with Gasteiger partial charge in [-0.1, -0.05) is 32.9 Å². The highest BCUT2D eigenvalue weighted by Gasteiger charge is 2.14. The van der Waals surface area contributed by atoms with Crippen LogP contribution in [0.3, 0.4) is 0 Å². The van der Waals surface area contributed by atoms with Crippen LogP contribution in [0.2, 0.25) is 0 Å². The van der Waals surface area contributed by atoms with Crippen LogP contribution in [-0.4, -0.2) is 12.1 Å². The molecule has 58 valence electrons. The van der Waals surface area contributed by atoms with Crippen LogP contribution in [0.4, 0.5) is 0 Å². The van der Waals surface area contributed by atoms with Gasteiger partial charge in [0.15, 0.2) is 0 Å². The average molecular weight is 139 g/mol. The molecule has 0 aromatic rings. The second kappa shape index (κ2) is 3.20. The van der Waals surface area contributed by atoms with Crippen molar-refractivity contribution < 1.29 is 0 Å². The summed E-state index contributed by atoms with van der Waals surface area (Å²) in [5, 5.41) is 3.49. The molecule has 2 atom stereocenters. The minimum Gasteiger partial charge on any atom is -0.308 e. The van der Waals surface area contributed by atoms with Crippen LogP contribution in [0, 0.1) is 5.92 Å². The molecule has 1 N–H and O–H groups in total. The first kappa shape index (κ1) is 7.80. The number of allylic oxidation sites excluding steroid dienone is 1. The van der Waals surface area contributed by atoms with Gasteiger partial charge in [-0.15, -0.1) is 0 Å². The lowest BCUT2D eigenvalue weighted by Gasteiger charge is -2.14. The Balaban J connectivity index is 2.26. The summed E-state index contributed by atoms with van der Waals surface area (Å²) in [6.45, 7) is 6.64. The maximum atomic E-state index is 3.49. The second-order valence-electron chi connectivity index (χ2n) is 3.53. The molecule has 0 spiro atoms. The fraction of sp³-hybridized carbons (Fsp3) is 0.778.